The first-order valence-electron chi connectivity index (χ1n) is 8.05. The van der Waals surface area contributed by atoms with Gasteiger partial charge in [0.05, 0.1) is 11.7 Å². The van der Waals surface area contributed by atoms with Gasteiger partial charge in [-0.25, -0.2) is 5.41 Å². The van der Waals surface area contributed by atoms with Crippen molar-refractivity contribution >= 4 is 11.7 Å². The molecule has 0 saturated heterocycles. The van der Waals surface area contributed by atoms with Gasteiger partial charge in [-0.1, -0.05) is 55.4 Å². The number of hydrogen-bond acceptors (Lipinski definition) is 2. The molecule has 0 saturated carbocycles. The van der Waals surface area contributed by atoms with Gasteiger partial charge in [-0.15, -0.1) is 0 Å². The van der Waals surface area contributed by atoms with E-state index in [4.69, 9.17) is 5.41 Å². The van der Waals surface area contributed by atoms with Crippen LogP contribution in [0.4, 0.5) is 5.69 Å². The van der Waals surface area contributed by atoms with Crippen molar-refractivity contribution in [2.75, 3.05) is 0 Å². The molecule has 2 heteroatoms. The first-order chi connectivity index (χ1) is 9.72. The number of nitrogens with one attached hydrogen (secondary N) is 1. The van der Waals surface area contributed by atoms with E-state index in [0.29, 0.717) is 23.7 Å². The minimum atomic E-state index is 0.396. The van der Waals surface area contributed by atoms with Crippen LogP contribution in [0.2, 0.25) is 0 Å². The van der Waals surface area contributed by atoms with Crippen molar-refractivity contribution in [2.45, 2.75) is 79.1 Å². The maximum atomic E-state index is 7.25. The SMILES string of the molecule is CC(C)c1cc(N=C=N)c(C(C)C)c(C(C)C)c1C(C)C. The highest BCUT2D eigenvalue weighted by Gasteiger charge is 2.24. The summed E-state index contributed by atoms with van der Waals surface area (Å²) >= 11 is 0. The Kier molecular flexibility index (Phi) is 5.92. The van der Waals surface area contributed by atoms with E-state index in [1.165, 1.54) is 22.3 Å². The average Bonchev–Trinajstić information content (AvgIpc) is 2.36. The monoisotopic (exact) mass is 286 g/mol. The zero-order valence-electron chi connectivity index (χ0n) is 14.8. The van der Waals surface area contributed by atoms with Gasteiger partial charge < -0.3 is 0 Å². The smallest absolute Gasteiger partial charge is 0.0918 e. The van der Waals surface area contributed by atoms with Crippen molar-refractivity contribution < 1.29 is 0 Å². The van der Waals surface area contributed by atoms with E-state index in [2.05, 4.69) is 72.5 Å². The standard InChI is InChI=1S/C19H30N2/c1-11(2)15-9-16(21-10-20)18(13(5)6)19(14(7)8)17(15)12(3)4/h9,11-14,20H,1-8H3. The Bertz CT molecular complexity index is 545. The van der Waals surface area contributed by atoms with Gasteiger partial charge in [0.1, 0.15) is 0 Å². The molecule has 21 heavy (non-hydrogen) atoms. The fourth-order valence-corrected chi connectivity index (χ4v) is 3.24. The van der Waals surface area contributed by atoms with Gasteiger partial charge in [-0.2, -0.15) is 4.99 Å². The summed E-state index contributed by atoms with van der Waals surface area (Å²) in [6.45, 7) is 18.0. The summed E-state index contributed by atoms with van der Waals surface area (Å²) in [5.41, 5.74) is 6.49. The molecular weight excluding hydrogens is 256 g/mol. The third kappa shape index (κ3) is 3.63. The third-order valence-electron chi connectivity index (χ3n) is 3.99. The second kappa shape index (κ2) is 7.04. The van der Waals surface area contributed by atoms with Gasteiger partial charge >= 0.3 is 0 Å². The molecule has 0 aromatic heterocycles. The quantitative estimate of drug-likeness (QED) is 0.595. The molecule has 2 nitrogen and oxygen atoms in total. The van der Waals surface area contributed by atoms with Gasteiger partial charge in [-0.05, 0) is 52.0 Å². The second-order valence-electron chi connectivity index (χ2n) is 7.07. The van der Waals surface area contributed by atoms with Crippen molar-refractivity contribution in [3.63, 3.8) is 0 Å². The highest BCUT2D eigenvalue weighted by Crippen LogP contribution is 2.43. The largest absolute Gasteiger partial charge is 0.241 e. The van der Waals surface area contributed by atoms with E-state index in [-0.39, 0.29) is 0 Å². The van der Waals surface area contributed by atoms with Gasteiger partial charge in [0.15, 0.2) is 0 Å². The van der Waals surface area contributed by atoms with Crippen LogP contribution in [0.3, 0.4) is 0 Å². The van der Waals surface area contributed by atoms with Gasteiger partial charge in [0.25, 0.3) is 0 Å². The summed E-state index contributed by atoms with van der Waals surface area (Å²) in [5.74, 6) is 1.81. The van der Waals surface area contributed by atoms with Crippen molar-refractivity contribution in [1.82, 2.24) is 0 Å². The Balaban J connectivity index is 3.93. The molecule has 0 atom stereocenters. The predicted octanol–water partition coefficient (Wildman–Crippen LogP) is 6.56. The van der Waals surface area contributed by atoms with Crippen LogP contribution in [0.15, 0.2) is 11.1 Å². The van der Waals surface area contributed by atoms with Crippen LogP contribution in [0.5, 0.6) is 0 Å². The van der Waals surface area contributed by atoms with Crippen LogP contribution in [0.25, 0.3) is 0 Å². The van der Waals surface area contributed by atoms with Crippen LogP contribution >= 0.6 is 0 Å². The molecule has 0 fully saturated rings. The van der Waals surface area contributed by atoms with Crippen LogP contribution in [0, 0.1) is 5.41 Å². The van der Waals surface area contributed by atoms with Crippen molar-refractivity contribution in [2.24, 2.45) is 4.99 Å². The van der Waals surface area contributed by atoms with E-state index >= 15 is 0 Å². The first kappa shape index (κ1) is 17.7. The molecule has 0 bridgehead atoms. The van der Waals surface area contributed by atoms with Gasteiger partial charge in [0, 0.05) is 0 Å². The van der Waals surface area contributed by atoms with Crippen LogP contribution in [0.1, 0.15) is 101 Å². The predicted molar refractivity (Wildman–Crippen MR) is 92.6 cm³/mol. The summed E-state index contributed by atoms with van der Waals surface area (Å²) in [5, 5.41) is 7.25. The Labute approximate surface area is 130 Å². The summed E-state index contributed by atoms with van der Waals surface area (Å²) in [6.07, 6.45) is 0. The maximum Gasteiger partial charge on any atom is 0.0918 e. The molecule has 0 aliphatic heterocycles. The zero-order valence-corrected chi connectivity index (χ0v) is 14.8. The Morgan fingerprint density at radius 3 is 1.57 bits per heavy atom. The van der Waals surface area contributed by atoms with Crippen LogP contribution in [-0.4, -0.2) is 6.01 Å². The molecule has 1 aromatic carbocycles. The molecule has 0 aliphatic carbocycles. The number of benzene rings is 1. The molecule has 1 aromatic rings. The lowest BCUT2D eigenvalue weighted by atomic mass is 9.77. The normalized spacial score (nSPS) is 11.6. The van der Waals surface area contributed by atoms with E-state index in [1.54, 1.807) is 0 Å². The van der Waals surface area contributed by atoms with Gasteiger partial charge in [0.2, 0.25) is 0 Å². The molecule has 0 aliphatic rings. The Hall–Kier alpha value is -1.40. The topological polar surface area (TPSA) is 36.2 Å². The number of hydrogen-bond donors (Lipinski definition) is 1. The second-order valence-corrected chi connectivity index (χ2v) is 7.07. The van der Waals surface area contributed by atoms with Crippen LogP contribution < -0.4 is 0 Å². The van der Waals surface area contributed by atoms with Crippen LogP contribution in [-0.2, 0) is 0 Å². The summed E-state index contributed by atoms with van der Waals surface area (Å²) in [6, 6.07) is 4.42. The van der Waals surface area contributed by atoms with Gasteiger partial charge in [-0.3, -0.25) is 0 Å². The number of rotatable bonds is 5. The highest BCUT2D eigenvalue weighted by atomic mass is 14.7. The number of nitrogens with zero attached hydrogens (tertiary/aromatic N) is 1. The van der Waals surface area contributed by atoms with Crippen molar-refractivity contribution in [3.8, 4) is 0 Å². The summed E-state index contributed by atoms with van der Waals surface area (Å²) < 4.78 is 0. The number of aliphatic imine (C=N–C) groups is 1. The summed E-state index contributed by atoms with van der Waals surface area (Å²) in [7, 11) is 0. The molecule has 0 heterocycles. The first-order valence-corrected chi connectivity index (χ1v) is 8.05. The molecular formula is C19H30N2. The third-order valence-corrected chi connectivity index (χ3v) is 3.99. The molecule has 0 radical (unpaired) electrons. The average molecular weight is 286 g/mol. The lowest BCUT2D eigenvalue weighted by molar-refractivity contribution is 0.722. The van der Waals surface area contributed by atoms with E-state index < -0.39 is 0 Å². The molecule has 0 spiro atoms. The minimum Gasteiger partial charge on any atom is -0.241 e. The fraction of sp³-hybridized carbons (Fsp3) is 0.632. The lowest BCUT2D eigenvalue weighted by Gasteiger charge is -2.28. The molecule has 116 valence electrons. The highest BCUT2D eigenvalue weighted by molar-refractivity contribution is 5.64. The molecule has 0 amide bonds. The fourth-order valence-electron chi connectivity index (χ4n) is 3.24. The maximum absolute atomic E-state index is 7.25. The minimum absolute atomic E-state index is 0.396. The van der Waals surface area contributed by atoms with E-state index in [9.17, 15) is 0 Å². The van der Waals surface area contributed by atoms with Crippen molar-refractivity contribution in [1.29, 1.82) is 5.41 Å². The van der Waals surface area contributed by atoms with E-state index in [0.717, 1.165) is 5.69 Å². The molecule has 1 rings (SSSR count). The lowest BCUT2D eigenvalue weighted by Crippen LogP contribution is -2.10. The van der Waals surface area contributed by atoms with E-state index in [1.807, 2.05) is 0 Å². The Morgan fingerprint density at radius 1 is 0.762 bits per heavy atom. The Morgan fingerprint density at radius 2 is 1.24 bits per heavy atom. The molecule has 0 unspecified atom stereocenters. The molecule has 1 N–H and O–H groups in total. The zero-order chi connectivity index (χ0) is 16.3. The summed E-state index contributed by atoms with van der Waals surface area (Å²) in [4.78, 5) is 4.23. The van der Waals surface area contributed by atoms with Crippen molar-refractivity contribution in [3.05, 3.63) is 28.3 Å².